The summed E-state index contributed by atoms with van der Waals surface area (Å²) < 4.78 is 4.94. The van der Waals surface area contributed by atoms with Crippen molar-refractivity contribution in [1.29, 1.82) is 0 Å². The number of thioether (sulfide) groups is 1. The summed E-state index contributed by atoms with van der Waals surface area (Å²) in [5.41, 5.74) is 1.14. The molecular formula is C19H21NO3S. The van der Waals surface area contributed by atoms with Gasteiger partial charge in [-0.15, -0.1) is 11.8 Å². The van der Waals surface area contributed by atoms with Crippen LogP contribution in [0, 0.1) is 0 Å². The van der Waals surface area contributed by atoms with Crippen LogP contribution >= 0.6 is 11.8 Å². The lowest BCUT2D eigenvalue weighted by molar-refractivity contribution is -0.115. The van der Waals surface area contributed by atoms with E-state index in [2.05, 4.69) is 5.32 Å². The van der Waals surface area contributed by atoms with Crippen LogP contribution in [0.3, 0.4) is 0 Å². The molecule has 2 aromatic carbocycles. The number of hydrogen-bond acceptors (Lipinski definition) is 4. The average Bonchev–Trinajstić information content (AvgIpc) is 2.61. The van der Waals surface area contributed by atoms with Gasteiger partial charge in [-0.05, 0) is 49.7 Å². The van der Waals surface area contributed by atoms with Gasteiger partial charge >= 0.3 is 5.97 Å². The van der Waals surface area contributed by atoms with Crippen LogP contribution in [0.2, 0.25) is 0 Å². The molecule has 1 atom stereocenters. The molecule has 0 fully saturated rings. The molecule has 2 aromatic rings. The molecule has 126 valence electrons. The van der Waals surface area contributed by atoms with E-state index in [0.717, 1.165) is 11.3 Å². The van der Waals surface area contributed by atoms with Crippen molar-refractivity contribution in [1.82, 2.24) is 0 Å². The lowest BCUT2D eigenvalue weighted by Gasteiger charge is -2.15. The Kier molecular flexibility index (Phi) is 6.88. The molecule has 1 unspecified atom stereocenters. The summed E-state index contributed by atoms with van der Waals surface area (Å²) in [7, 11) is 0. The first kappa shape index (κ1) is 18.1. The maximum Gasteiger partial charge on any atom is 0.338 e. The zero-order valence-corrected chi connectivity index (χ0v) is 14.6. The molecule has 5 heteroatoms. The van der Waals surface area contributed by atoms with Crippen molar-refractivity contribution in [2.75, 3.05) is 11.9 Å². The quantitative estimate of drug-likeness (QED) is 0.599. The predicted octanol–water partition coefficient (Wildman–Crippen LogP) is 4.37. The summed E-state index contributed by atoms with van der Waals surface area (Å²) in [4.78, 5) is 25.1. The Morgan fingerprint density at radius 2 is 1.71 bits per heavy atom. The summed E-state index contributed by atoms with van der Waals surface area (Å²) in [6.45, 7) is 4.10. The summed E-state index contributed by atoms with van der Waals surface area (Å²) in [6, 6.07) is 16.6. The molecule has 2 rings (SSSR count). The molecule has 4 nitrogen and oxygen atoms in total. The van der Waals surface area contributed by atoms with Gasteiger partial charge < -0.3 is 10.1 Å². The molecule has 1 N–H and O–H groups in total. The third-order valence-electron chi connectivity index (χ3n) is 3.35. The van der Waals surface area contributed by atoms with Crippen LogP contribution in [-0.2, 0) is 9.53 Å². The summed E-state index contributed by atoms with van der Waals surface area (Å²) in [5, 5.41) is 2.73. The SMILES string of the molecule is CCOC(=O)c1ccc(NC(=O)C(CC)Sc2ccccc2)cc1. The number of hydrogen-bond donors (Lipinski definition) is 1. The number of amides is 1. The Morgan fingerprint density at radius 1 is 1.04 bits per heavy atom. The Morgan fingerprint density at radius 3 is 2.29 bits per heavy atom. The van der Waals surface area contributed by atoms with Crippen LogP contribution < -0.4 is 5.32 Å². The molecular weight excluding hydrogens is 322 g/mol. The number of carbonyl (C=O) groups excluding carboxylic acids is 2. The molecule has 0 aliphatic heterocycles. The van der Waals surface area contributed by atoms with Gasteiger partial charge in [0.05, 0.1) is 17.4 Å². The Hall–Kier alpha value is -2.27. The minimum Gasteiger partial charge on any atom is -0.462 e. The predicted molar refractivity (Wildman–Crippen MR) is 97.4 cm³/mol. The van der Waals surface area contributed by atoms with Gasteiger partial charge in [0, 0.05) is 10.6 Å². The van der Waals surface area contributed by atoms with Crippen molar-refractivity contribution < 1.29 is 14.3 Å². The van der Waals surface area contributed by atoms with Gasteiger partial charge in [0.15, 0.2) is 0 Å². The van der Waals surface area contributed by atoms with Crippen molar-refractivity contribution in [3.05, 3.63) is 60.2 Å². The van der Waals surface area contributed by atoms with E-state index in [-0.39, 0.29) is 17.1 Å². The van der Waals surface area contributed by atoms with Gasteiger partial charge in [-0.3, -0.25) is 4.79 Å². The summed E-state index contributed by atoms with van der Waals surface area (Å²) in [6.07, 6.45) is 0.728. The number of rotatable bonds is 7. The van der Waals surface area contributed by atoms with E-state index in [1.54, 1.807) is 43.0 Å². The van der Waals surface area contributed by atoms with Crippen molar-refractivity contribution in [2.24, 2.45) is 0 Å². The standard InChI is InChI=1S/C19H21NO3S/c1-3-17(24-16-8-6-5-7-9-16)18(21)20-15-12-10-14(11-13-15)19(22)23-4-2/h5-13,17H,3-4H2,1-2H3,(H,20,21). The van der Waals surface area contributed by atoms with Crippen molar-refractivity contribution >= 4 is 29.3 Å². The van der Waals surface area contributed by atoms with Crippen LogP contribution in [0.15, 0.2) is 59.5 Å². The monoisotopic (exact) mass is 343 g/mol. The fourth-order valence-corrected chi connectivity index (χ4v) is 3.09. The number of nitrogens with one attached hydrogen (secondary N) is 1. The normalized spacial score (nSPS) is 11.6. The summed E-state index contributed by atoms with van der Waals surface area (Å²) in [5.74, 6) is -0.406. The van der Waals surface area contributed by atoms with Crippen LogP contribution in [0.5, 0.6) is 0 Å². The fraction of sp³-hybridized carbons (Fsp3) is 0.263. The molecule has 0 bridgehead atoms. The third-order valence-corrected chi connectivity index (χ3v) is 4.72. The van der Waals surface area contributed by atoms with Crippen LogP contribution in [0.25, 0.3) is 0 Å². The summed E-state index contributed by atoms with van der Waals surface area (Å²) >= 11 is 1.54. The zero-order valence-electron chi connectivity index (χ0n) is 13.8. The van der Waals surface area contributed by atoms with Gasteiger partial charge in [0.2, 0.25) is 5.91 Å². The van der Waals surface area contributed by atoms with E-state index < -0.39 is 0 Å². The van der Waals surface area contributed by atoms with Crippen molar-refractivity contribution in [3.8, 4) is 0 Å². The van der Waals surface area contributed by atoms with Gasteiger partial charge in [-0.25, -0.2) is 4.79 Å². The van der Waals surface area contributed by atoms with Crippen molar-refractivity contribution in [3.63, 3.8) is 0 Å². The number of anilines is 1. The minimum absolute atomic E-state index is 0.0461. The largest absolute Gasteiger partial charge is 0.462 e. The lowest BCUT2D eigenvalue weighted by Crippen LogP contribution is -2.24. The maximum absolute atomic E-state index is 12.4. The smallest absolute Gasteiger partial charge is 0.338 e. The van der Waals surface area contributed by atoms with E-state index in [1.807, 2.05) is 37.3 Å². The Bertz CT molecular complexity index is 671. The fourth-order valence-electron chi connectivity index (χ4n) is 2.11. The van der Waals surface area contributed by atoms with E-state index in [4.69, 9.17) is 4.74 Å². The molecule has 0 saturated heterocycles. The molecule has 0 heterocycles. The highest BCUT2D eigenvalue weighted by Crippen LogP contribution is 2.26. The van der Waals surface area contributed by atoms with E-state index in [1.165, 1.54) is 0 Å². The number of benzene rings is 2. The number of esters is 1. The van der Waals surface area contributed by atoms with Gasteiger partial charge in [0.1, 0.15) is 0 Å². The Balaban J connectivity index is 1.98. The molecule has 0 spiro atoms. The second-order valence-corrected chi connectivity index (χ2v) is 6.39. The van der Waals surface area contributed by atoms with Gasteiger partial charge in [-0.1, -0.05) is 25.1 Å². The molecule has 1 amide bonds. The zero-order chi connectivity index (χ0) is 17.4. The van der Waals surface area contributed by atoms with Crippen LogP contribution in [0.4, 0.5) is 5.69 Å². The van der Waals surface area contributed by atoms with E-state index in [9.17, 15) is 9.59 Å². The second-order valence-electron chi connectivity index (χ2n) is 5.11. The first-order valence-electron chi connectivity index (χ1n) is 7.93. The first-order valence-corrected chi connectivity index (χ1v) is 8.81. The molecule has 0 saturated carbocycles. The maximum atomic E-state index is 12.4. The lowest BCUT2D eigenvalue weighted by atomic mass is 10.2. The topological polar surface area (TPSA) is 55.4 Å². The van der Waals surface area contributed by atoms with Gasteiger partial charge in [0.25, 0.3) is 0 Å². The van der Waals surface area contributed by atoms with Crippen molar-refractivity contribution in [2.45, 2.75) is 30.4 Å². The minimum atomic E-state index is -0.360. The molecule has 0 aliphatic carbocycles. The van der Waals surface area contributed by atoms with Crippen LogP contribution in [0.1, 0.15) is 30.6 Å². The number of ether oxygens (including phenoxy) is 1. The average molecular weight is 343 g/mol. The molecule has 24 heavy (non-hydrogen) atoms. The molecule has 0 radical (unpaired) electrons. The third kappa shape index (κ3) is 5.13. The highest BCUT2D eigenvalue weighted by molar-refractivity contribution is 8.00. The molecule has 0 aromatic heterocycles. The number of carbonyl (C=O) groups is 2. The Labute approximate surface area is 146 Å². The van der Waals surface area contributed by atoms with Crippen LogP contribution in [-0.4, -0.2) is 23.7 Å². The second kappa shape index (κ2) is 9.13. The first-order chi connectivity index (χ1) is 11.6. The molecule has 0 aliphatic rings. The van der Waals surface area contributed by atoms with E-state index >= 15 is 0 Å². The van der Waals surface area contributed by atoms with Gasteiger partial charge in [-0.2, -0.15) is 0 Å². The highest BCUT2D eigenvalue weighted by atomic mass is 32.2. The highest BCUT2D eigenvalue weighted by Gasteiger charge is 2.18. The van der Waals surface area contributed by atoms with E-state index in [0.29, 0.717) is 17.9 Å².